The molecule has 0 spiro atoms. The monoisotopic (exact) mass is 282 g/mol. The molecule has 1 fully saturated rings. The van der Waals surface area contributed by atoms with Crippen molar-refractivity contribution in [2.24, 2.45) is 0 Å². The van der Waals surface area contributed by atoms with Crippen molar-refractivity contribution in [1.82, 2.24) is 20.3 Å². The van der Waals surface area contributed by atoms with Crippen LogP contribution in [0.1, 0.15) is 25.7 Å². The highest BCUT2D eigenvalue weighted by atomic mass is 35.5. The Morgan fingerprint density at radius 2 is 2.32 bits per heavy atom. The van der Waals surface area contributed by atoms with Crippen LogP contribution >= 0.6 is 12.4 Å². The zero-order valence-electron chi connectivity index (χ0n) is 10.8. The number of nitrogens with one attached hydrogen (secondary N) is 2. The molecule has 0 aromatic carbocycles. The fourth-order valence-corrected chi connectivity index (χ4v) is 2.36. The lowest BCUT2D eigenvalue weighted by Gasteiger charge is -2.22. The van der Waals surface area contributed by atoms with E-state index < -0.39 is 0 Å². The van der Waals surface area contributed by atoms with Crippen LogP contribution in [-0.4, -0.2) is 34.1 Å². The van der Waals surface area contributed by atoms with Crippen LogP contribution in [0.2, 0.25) is 0 Å². The smallest absolute Gasteiger partial charge is 0.296 e. The zero-order valence-corrected chi connectivity index (χ0v) is 11.6. The number of ether oxygens (including phenoxy) is 1. The fraction of sp³-hybridized carbons (Fsp3) is 0.538. The number of rotatable bonds is 4. The summed E-state index contributed by atoms with van der Waals surface area (Å²) in [5.41, 5.74) is 1.63. The number of nitrogens with zero attached hydrogens (tertiary/aromatic N) is 2. The van der Waals surface area contributed by atoms with E-state index >= 15 is 0 Å². The summed E-state index contributed by atoms with van der Waals surface area (Å²) >= 11 is 0. The Morgan fingerprint density at radius 3 is 3.11 bits per heavy atom. The van der Waals surface area contributed by atoms with Gasteiger partial charge in [0.25, 0.3) is 6.01 Å². The van der Waals surface area contributed by atoms with Gasteiger partial charge in [-0.1, -0.05) is 6.42 Å². The van der Waals surface area contributed by atoms with Gasteiger partial charge in [-0.15, -0.1) is 12.4 Å². The van der Waals surface area contributed by atoms with Crippen LogP contribution in [0.15, 0.2) is 18.3 Å². The first-order valence-corrected chi connectivity index (χ1v) is 6.59. The number of aromatic amines is 1. The number of piperidine rings is 1. The average molecular weight is 283 g/mol. The molecule has 1 aliphatic rings. The first-order chi connectivity index (χ1) is 8.92. The normalized spacial score (nSPS) is 19.1. The molecule has 0 radical (unpaired) electrons. The highest BCUT2D eigenvalue weighted by Gasteiger charge is 2.12. The van der Waals surface area contributed by atoms with E-state index in [0.29, 0.717) is 24.3 Å². The third-order valence-electron chi connectivity index (χ3n) is 3.35. The Labute approximate surface area is 118 Å². The molecule has 1 unspecified atom stereocenters. The van der Waals surface area contributed by atoms with Crippen molar-refractivity contribution in [3.63, 3.8) is 0 Å². The van der Waals surface area contributed by atoms with Gasteiger partial charge < -0.3 is 15.0 Å². The molecule has 1 atom stereocenters. The van der Waals surface area contributed by atoms with Crippen molar-refractivity contribution in [3.05, 3.63) is 18.3 Å². The Kier molecular flexibility index (Phi) is 4.99. The van der Waals surface area contributed by atoms with Crippen LogP contribution < -0.4 is 10.1 Å². The van der Waals surface area contributed by atoms with Crippen LogP contribution in [0.4, 0.5) is 0 Å². The third-order valence-corrected chi connectivity index (χ3v) is 3.35. The Morgan fingerprint density at radius 1 is 1.37 bits per heavy atom. The minimum Gasteiger partial charge on any atom is -0.465 e. The van der Waals surface area contributed by atoms with Gasteiger partial charge in [-0.25, -0.2) is 4.98 Å². The van der Waals surface area contributed by atoms with Gasteiger partial charge in [0, 0.05) is 12.2 Å². The summed E-state index contributed by atoms with van der Waals surface area (Å²) in [7, 11) is 0. The number of imidazole rings is 1. The summed E-state index contributed by atoms with van der Waals surface area (Å²) in [6.45, 7) is 1.83. The molecule has 19 heavy (non-hydrogen) atoms. The topological polar surface area (TPSA) is 62.8 Å². The summed E-state index contributed by atoms with van der Waals surface area (Å²) in [6, 6.07) is 5.00. The van der Waals surface area contributed by atoms with E-state index in [1.54, 1.807) is 6.20 Å². The molecule has 0 aliphatic carbocycles. The number of aromatic nitrogens is 3. The Bertz CT molecular complexity index is 477. The van der Waals surface area contributed by atoms with Gasteiger partial charge in [-0.2, -0.15) is 4.98 Å². The number of hydrogen-bond donors (Lipinski definition) is 2. The highest BCUT2D eigenvalue weighted by Crippen LogP contribution is 2.14. The molecule has 0 bridgehead atoms. The number of H-pyrrole nitrogens is 1. The maximum atomic E-state index is 5.65. The van der Waals surface area contributed by atoms with E-state index in [2.05, 4.69) is 20.3 Å². The van der Waals surface area contributed by atoms with Gasteiger partial charge in [0.2, 0.25) is 0 Å². The zero-order chi connectivity index (χ0) is 12.2. The van der Waals surface area contributed by atoms with E-state index in [0.717, 1.165) is 18.5 Å². The third kappa shape index (κ3) is 3.58. The first-order valence-electron chi connectivity index (χ1n) is 6.59. The molecular weight excluding hydrogens is 264 g/mol. The van der Waals surface area contributed by atoms with E-state index in [4.69, 9.17) is 4.74 Å². The van der Waals surface area contributed by atoms with Crippen molar-refractivity contribution < 1.29 is 4.74 Å². The second-order valence-electron chi connectivity index (χ2n) is 4.70. The van der Waals surface area contributed by atoms with Gasteiger partial charge in [0.05, 0.1) is 12.1 Å². The van der Waals surface area contributed by atoms with Gasteiger partial charge in [0.1, 0.15) is 0 Å². The predicted molar refractivity (Wildman–Crippen MR) is 76.9 cm³/mol. The first kappa shape index (κ1) is 14.1. The van der Waals surface area contributed by atoms with Crippen molar-refractivity contribution in [2.45, 2.75) is 31.7 Å². The molecule has 104 valence electrons. The summed E-state index contributed by atoms with van der Waals surface area (Å²) in [5.74, 6) is 0. The standard InChI is InChI=1S/C13H18N4O.ClH/c1-2-7-14-10(4-1)6-9-18-13-16-11-5-3-8-15-12(11)17-13;/h3,5,8,10,14H,1-2,4,6-7,9H2,(H,15,16,17);1H. The van der Waals surface area contributed by atoms with Gasteiger partial charge in [-0.05, 0) is 37.9 Å². The second-order valence-corrected chi connectivity index (χ2v) is 4.70. The number of pyridine rings is 1. The van der Waals surface area contributed by atoms with Crippen LogP contribution in [-0.2, 0) is 0 Å². The summed E-state index contributed by atoms with van der Waals surface area (Å²) in [6.07, 6.45) is 6.65. The Hall–Kier alpha value is -1.33. The molecule has 5 nitrogen and oxygen atoms in total. The largest absolute Gasteiger partial charge is 0.465 e. The number of fused-ring (bicyclic) bond motifs is 1. The maximum Gasteiger partial charge on any atom is 0.296 e. The quantitative estimate of drug-likeness (QED) is 0.903. The van der Waals surface area contributed by atoms with Crippen molar-refractivity contribution in [1.29, 1.82) is 0 Å². The molecule has 6 heteroatoms. The number of hydrogen-bond acceptors (Lipinski definition) is 4. The highest BCUT2D eigenvalue weighted by molar-refractivity contribution is 5.85. The molecule has 0 amide bonds. The molecule has 3 heterocycles. The van der Waals surface area contributed by atoms with E-state index in [-0.39, 0.29) is 12.4 Å². The molecule has 2 aromatic rings. The van der Waals surface area contributed by atoms with Crippen LogP contribution in [0, 0.1) is 0 Å². The molecule has 0 saturated carbocycles. The molecule has 2 aromatic heterocycles. The lowest BCUT2D eigenvalue weighted by molar-refractivity contribution is 0.254. The van der Waals surface area contributed by atoms with E-state index in [9.17, 15) is 0 Å². The summed E-state index contributed by atoms with van der Waals surface area (Å²) in [5, 5.41) is 3.51. The molecule has 1 saturated heterocycles. The summed E-state index contributed by atoms with van der Waals surface area (Å²) < 4.78 is 5.65. The van der Waals surface area contributed by atoms with E-state index in [1.165, 1.54) is 19.3 Å². The second kappa shape index (κ2) is 6.73. The predicted octanol–water partition coefficient (Wildman–Crippen LogP) is 2.29. The maximum absolute atomic E-state index is 5.65. The van der Waals surface area contributed by atoms with Crippen molar-refractivity contribution >= 4 is 23.6 Å². The lowest BCUT2D eigenvalue weighted by atomic mass is 10.0. The molecule has 3 rings (SSSR count). The van der Waals surface area contributed by atoms with E-state index in [1.807, 2.05) is 12.1 Å². The van der Waals surface area contributed by atoms with Crippen LogP contribution in [0.3, 0.4) is 0 Å². The molecular formula is C13H19ClN4O. The Balaban J connectivity index is 0.00000133. The van der Waals surface area contributed by atoms with Crippen molar-refractivity contribution in [2.75, 3.05) is 13.2 Å². The van der Waals surface area contributed by atoms with Crippen LogP contribution in [0.25, 0.3) is 11.2 Å². The molecule has 2 N–H and O–H groups in total. The average Bonchev–Trinajstić information content (AvgIpc) is 2.82. The van der Waals surface area contributed by atoms with Gasteiger partial charge >= 0.3 is 0 Å². The number of halogens is 1. The minimum absolute atomic E-state index is 0. The minimum atomic E-state index is 0. The van der Waals surface area contributed by atoms with Crippen molar-refractivity contribution in [3.8, 4) is 6.01 Å². The SMILES string of the molecule is Cl.c1cnc2nc(OCCC3CCCCN3)[nH]c2c1. The molecule has 1 aliphatic heterocycles. The van der Waals surface area contributed by atoms with Gasteiger partial charge in [-0.3, -0.25) is 0 Å². The fourth-order valence-electron chi connectivity index (χ4n) is 2.36. The lowest BCUT2D eigenvalue weighted by Crippen LogP contribution is -2.35. The summed E-state index contributed by atoms with van der Waals surface area (Å²) in [4.78, 5) is 11.6. The van der Waals surface area contributed by atoms with Gasteiger partial charge in [0.15, 0.2) is 5.65 Å². The van der Waals surface area contributed by atoms with Crippen LogP contribution in [0.5, 0.6) is 6.01 Å².